The third-order valence-electron chi connectivity index (χ3n) is 5.35. The third kappa shape index (κ3) is 4.20. The van der Waals surface area contributed by atoms with Gasteiger partial charge in [0.15, 0.2) is 0 Å². The van der Waals surface area contributed by atoms with Crippen molar-refractivity contribution in [1.82, 2.24) is 15.5 Å². The van der Waals surface area contributed by atoms with Gasteiger partial charge in [0.1, 0.15) is 5.75 Å². The summed E-state index contributed by atoms with van der Waals surface area (Å²) >= 11 is 0. The molecule has 5 nitrogen and oxygen atoms in total. The van der Waals surface area contributed by atoms with E-state index in [1.54, 1.807) is 7.11 Å². The second-order valence-corrected chi connectivity index (χ2v) is 7.09. The number of carbonyl (C=O) groups excluding carboxylic acids is 1. The molecule has 5 heteroatoms. The van der Waals surface area contributed by atoms with Gasteiger partial charge in [-0.05, 0) is 75.5 Å². The summed E-state index contributed by atoms with van der Waals surface area (Å²) in [4.78, 5) is 14.5. The number of urea groups is 1. The molecule has 3 rings (SSSR count). The Morgan fingerprint density at radius 3 is 2.83 bits per heavy atom. The first kappa shape index (κ1) is 17.1. The topological polar surface area (TPSA) is 53.6 Å². The number of likely N-dealkylation sites (tertiary alicyclic amines) is 1. The number of hydrogen-bond acceptors (Lipinski definition) is 3. The van der Waals surface area contributed by atoms with Crippen molar-refractivity contribution in [3.63, 3.8) is 0 Å². The maximum atomic E-state index is 12.2. The zero-order valence-corrected chi connectivity index (χ0v) is 14.8. The zero-order chi connectivity index (χ0) is 16.9. The van der Waals surface area contributed by atoms with E-state index in [1.165, 1.54) is 17.5 Å². The molecule has 132 valence electrons. The van der Waals surface area contributed by atoms with Crippen LogP contribution in [0, 0.1) is 0 Å². The van der Waals surface area contributed by atoms with E-state index in [-0.39, 0.29) is 6.03 Å². The van der Waals surface area contributed by atoms with Crippen LogP contribution < -0.4 is 15.4 Å². The average Bonchev–Trinajstić information content (AvgIpc) is 2.61. The van der Waals surface area contributed by atoms with Gasteiger partial charge in [-0.3, -0.25) is 0 Å². The Kier molecular flexibility index (Phi) is 5.61. The van der Waals surface area contributed by atoms with Crippen molar-refractivity contribution < 1.29 is 9.53 Å². The summed E-state index contributed by atoms with van der Waals surface area (Å²) in [5, 5.41) is 6.21. The number of rotatable bonds is 4. The van der Waals surface area contributed by atoms with Crippen molar-refractivity contribution in [3.05, 3.63) is 29.3 Å². The van der Waals surface area contributed by atoms with Gasteiger partial charge in [-0.25, -0.2) is 4.79 Å². The summed E-state index contributed by atoms with van der Waals surface area (Å²) in [6, 6.07) is 6.61. The average molecular weight is 331 g/mol. The minimum absolute atomic E-state index is 0.0230. The molecule has 1 atom stereocenters. The first-order chi connectivity index (χ1) is 11.7. The molecule has 1 aromatic rings. The number of methoxy groups -OCH3 is 1. The fraction of sp³-hybridized carbons (Fsp3) is 0.632. The number of nitrogens with one attached hydrogen (secondary N) is 2. The number of ether oxygens (including phenoxy) is 1. The Hall–Kier alpha value is -1.75. The summed E-state index contributed by atoms with van der Waals surface area (Å²) in [5.74, 6) is 1.32. The van der Waals surface area contributed by atoms with Gasteiger partial charge >= 0.3 is 6.03 Å². The lowest BCUT2D eigenvalue weighted by molar-refractivity contribution is 0.213. The monoisotopic (exact) mass is 331 g/mol. The van der Waals surface area contributed by atoms with Crippen molar-refractivity contribution >= 4 is 6.03 Å². The molecule has 1 saturated heterocycles. The number of amides is 2. The molecule has 1 heterocycles. The molecule has 2 amide bonds. The largest absolute Gasteiger partial charge is 0.497 e. The summed E-state index contributed by atoms with van der Waals surface area (Å²) in [6.07, 6.45) is 5.48. The molecule has 0 radical (unpaired) electrons. The van der Waals surface area contributed by atoms with Gasteiger partial charge in [-0.15, -0.1) is 0 Å². The second-order valence-electron chi connectivity index (χ2n) is 7.09. The van der Waals surface area contributed by atoms with Crippen LogP contribution in [0.2, 0.25) is 0 Å². The molecule has 2 N–H and O–H groups in total. The lowest BCUT2D eigenvalue weighted by Crippen LogP contribution is -2.47. The van der Waals surface area contributed by atoms with E-state index in [4.69, 9.17) is 4.74 Å². The number of fused-ring (bicyclic) bond motifs is 1. The third-order valence-corrected chi connectivity index (χ3v) is 5.35. The molecule has 1 aromatic carbocycles. The zero-order valence-electron chi connectivity index (χ0n) is 14.8. The normalized spacial score (nSPS) is 21.8. The van der Waals surface area contributed by atoms with Crippen LogP contribution in [0.15, 0.2) is 18.2 Å². The highest BCUT2D eigenvalue weighted by Gasteiger charge is 2.22. The SMILES string of the molecule is COc1ccc2c(c1)CCCC2CNC(=O)NC1CCN(C)CC1. The van der Waals surface area contributed by atoms with E-state index in [0.29, 0.717) is 18.5 Å². The number of aryl methyl sites for hydroxylation is 1. The standard InChI is InChI=1S/C19H29N3O2/c1-22-10-8-16(9-11-22)21-19(23)20-13-15-5-3-4-14-12-17(24-2)6-7-18(14)15/h6-7,12,15-16H,3-5,8-11,13H2,1-2H3,(H2,20,21,23). The summed E-state index contributed by atoms with van der Waals surface area (Å²) in [5.41, 5.74) is 2.73. The Morgan fingerprint density at radius 2 is 2.08 bits per heavy atom. The molecule has 1 aliphatic heterocycles. The Balaban J connectivity index is 1.51. The minimum atomic E-state index is -0.0230. The van der Waals surface area contributed by atoms with Gasteiger partial charge in [0.05, 0.1) is 7.11 Å². The summed E-state index contributed by atoms with van der Waals surface area (Å²) in [6.45, 7) is 2.82. The van der Waals surface area contributed by atoms with Crippen molar-refractivity contribution in [2.24, 2.45) is 0 Å². The Bertz CT molecular complexity index is 568. The molecule has 0 bridgehead atoms. The molecule has 1 aliphatic carbocycles. The van der Waals surface area contributed by atoms with E-state index < -0.39 is 0 Å². The summed E-state index contributed by atoms with van der Waals surface area (Å²) < 4.78 is 5.32. The fourth-order valence-electron chi connectivity index (χ4n) is 3.84. The predicted molar refractivity (Wildman–Crippen MR) is 95.7 cm³/mol. The lowest BCUT2D eigenvalue weighted by atomic mass is 9.82. The van der Waals surface area contributed by atoms with Crippen LogP contribution in [0.5, 0.6) is 5.75 Å². The van der Waals surface area contributed by atoms with Crippen molar-refractivity contribution in [2.45, 2.75) is 44.1 Å². The predicted octanol–water partition coefficient (Wildman–Crippen LogP) is 2.51. The van der Waals surface area contributed by atoms with Crippen LogP contribution in [0.3, 0.4) is 0 Å². The van der Waals surface area contributed by atoms with E-state index >= 15 is 0 Å². The maximum absolute atomic E-state index is 12.2. The number of hydrogen-bond donors (Lipinski definition) is 2. The van der Waals surface area contributed by atoms with Crippen LogP contribution in [0.1, 0.15) is 42.7 Å². The van der Waals surface area contributed by atoms with Crippen LogP contribution in [0.25, 0.3) is 0 Å². The Morgan fingerprint density at radius 1 is 1.29 bits per heavy atom. The van der Waals surface area contributed by atoms with Gasteiger partial charge in [-0.1, -0.05) is 6.07 Å². The molecular formula is C19H29N3O2. The molecule has 1 unspecified atom stereocenters. The fourth-order valence-corrected chi connectivity index (χ4v) is 3.84. The van der Waals surface area contributed by atoms with Gasteiger partial charge in [-0.2, -0.15) is 0 Å². The van der Waals surface area contributed by atoms with Crippen molar-refractivity contribution in [2.75, 3.05) is 33.8 Å². The second kappa shape index (κ2) is 7.88. The smallest absolute Gasteiger partial charge is 0.315 e. The van der Waals surface area contributed by atoms with Crippen molar-refractivity contribution in [3.8, 4) is 5.75 Å². The molecule has 24 heavy (non-hydrogen) atoms. The first-order valence-corrected chi connectivity index (χ1v) is 9.05. The van der Waals surface area contributed by atoms with Crippen LogP contribution >= 0.6 is 0 Å². The van der Waals surface area contributed by atoms with Crippen molar-refractivity contribution in [1.29, 1.82) is 0 Å². The first-order valence-electron chi connectivity index (χ1n) is 9.05. The number of benzene rings is 1. The van der Waals surface area contributed by atoms with E-state index in [9.17, 15) is 4.79 Å². The quantitative estimate of drug-likeness (QED) is 0.891. The molecule has 1 fully saturated rings. The highest BCUT2D eigenvalue weighted by molar-refractivity contribution is 5.74. The Labute approximate surface area is 144 Å². The molecule has 0 saturated carbocycles. The van der Waals surface area contributed by atoms with Gasteiger partial charge in [0.2, 0.25) is 0 Å². The highest BCUT2D eigenvalue weighted by Crippen LogP contribution is 2.33. The van der Waals surface area contributed by atoms with Gasteiger partial charge in [0.25, 0.3) is 0 Å². The minimum Gasteiger partial charge on any atom is -0.497 e. The molecular weight excluding hydrogens is 302 g/mol. The van der Waals surface area contributed by atoms with Crippen LogP contribution in [-0.4, -0.2) is 50.8 Å². The van der Waals surface area contributed by atoms with Crippen LogP contribution in [-0.2, 0) is 6.42 Å². The lowest BCUT2D eigenvalue weighted by Gasteiger charge is -2.30. The molecule has 0 aromatic heterocycles. The van der Waals surface area contributed by atoms with E-state index in [2.05, 4.69) is 34.7 Å². The number of nitrogens with zero attached hydrogens (tertiary/aromatic N) is 1. The highest BCUT2D eigenvalue weighted by atomic mass is 16.5. The summed E-state index contributed by atoms with van der Waals surface area (Å²) in [7, 11) is 3.84. The molecule has 0 spiro atoms. The maximum Gasteiger partial charge on any atom is 0.315 e. The number of piperidine rings is 1. The van der Waals surface area contributed by atoms with E-state index in [0.717, 1.165) is 44.5 Å². The van der Waals surface area contributed by atoms with Crippen LogP contribution in [0.4, 0.5) is 4.79 Å². The molecule has 2 aliphatic rings. The number of carbonyl (C=O) groups is 1. The van der Waals surface area contributed by atoms with E-state index in [1.807, 2.05) is 6.07 Å². The van der Waals surface area contributed by atoms with Gasteiger partial charge < -0.3 is 20.3 Å². The van der Waals surface area contributed by atoms with Gasteiger partial charge in [0, 0.05) is 18.5 Å².